The Balaban J connectivity index is 1.86. The lowest BCUT2D eigenvalue weighted by molar-refractivity contribution is 0.598. The largest absolute Gasteiger partial charge is 0.284 e. The summed E-state index contributed by atoms with van der Waals surface area (Å²) in [5.74, 6) is 0.139. The Morgan fingerprint density at radius 1 is 1.04 bits per heavy atom. The average molecular weight is 370 g/mol. The number of aromatic nitrogens is 3. The third-order valence-electron chi connectivity index (χ3n) is 4.02. The predicted octanol–water partition coefficient (Wildman–Crippen LogP) is 3.69. The molecule has 0 aliphatic carbocycles. The molecule has 0 spiro atoms. The minimum atomic E-state index is -3.29. The van der Waals surface area contributed by atoms with Gasteiger partial charge in [-0.25, -0.2) is 8.42 Å². The van der Waals surface area contributed by atoms with E-state index in [0.717, 1.165) is 28.8 Å². The zero-order valence-corrected chi connectivity index (χ0v) is 15.7. The monoisotopic (exact) mass is 370 g/mol. The van der Waals surface area contributed by atoms with Crippen molar-refractivity contribution >= 4 is 15.7 Å². The van der Waals surface area contributed by atoms with Crippen molar-refractivity contribution in [1.82, 2.24) is 14.8 Å². The van der Waals surface area contributed by atoms with Crippen LogP contribution in [0.3, 0.4) is 0 Å². The molecule has 1 N–H and O–H groups in total. The number of rotatable bonds is 7. The van der Waals surface area contributed by atoms with E-state index in [1.54, 1.807) is 29.2 Å². The van der Waals surface area contributed by atoms with Crippen LogP contribution in [0.4, 0.5) is 5.69 Å². The van der Waals surface area contributed by atoms with Crippen molar-refractivity contribution in [2.45, 2.75) is 19.8 Å². The van der Waals surface area contributed by atoms with Gasteiger partial charge in [0.25, 0.3) is 0 Å². The first kappa shape index (κ1) is 18.1. The second-order valence-electron chi connectivity index (χ2n) is 6.15. The first-order valence-electron chi connectivity index (χ1n) is 8.53. The zero-order chi connectivity index (χ0) is 18.6. The Morgan fingerprint density at radius 3 is 2.38 bits per heavy atom. The van der Waals surface area contributed by atoms with E-state index in [4.69, 9.17) is 0 Å². The minimum absolute atomic E-state index is 0.139. The fourth-order valence-electron chi connectivity index (χ4n) is 2.71. The molecule has 7 heteroatoms. The van der Waals surface area contributed by atoms with Crippen molar-refractivity contribution in [3.8, 4) is 22.4 Å². The van der Waals surface area contributed by atoms with E-state index < -0.39 is 10.0 Å². The van der Waals surface area contributed by atoms with E-state index in [1.807, 2.05) is 44.4 Å². The fourth-order valence-corrected chi connectivity index (χ4v) is 3.97. The molecule has 1 aromatic carbocycles. The number of sulfonamides is 1. The smallest absolute Gasteiger partial charge is 0.232 e. The maximum Gasteiger partial charge on any atom is 0.232 e. The molecule has 2 heterocycles. The number of nitrogens with zero attached hydrogens (tertiary/aromatic N) is 3. The maximum absolute atomic E-state index is 12.0. The predicted molar refractivity (Wildman–Crippen MR) is 104 cm³/mol. The zero-order valence-electron chi connectivity index (χ0n) is 14.9. The van der Waals surface area contributed by atoms with Crippen molar-refractivity contribution in [3.05, 3.63) is 55.0 Å². The van der Waals surface area contributed by atoms with Gasteiger partial charge in [-0.1, -0.05) is 25.5 Å². The van der Waals surface area contributed by atoms with Crippen LogP contribution in [0.15, 0.2) is 55.0 Å². The van der Waals surface area contributed by atoms with Crippen molar-refractivity contribution in [3.63, 3.8) is 0 Å². The summed E-state index contributed by atoms with van der Waals surface area (Å²) in [7, 11) is -1.42. The Morgan fingerprint density at radius 2 is 1.73 bits per heavy atom. The molecule has 0 aliphatic heterocycles. The van der Waals surface area contributed by atoms with Crippen molar-refractivity contribution in [2.24, 2.45) is 7.05 Å². The van der Waals surface area contributed by atoms with Crippen molar-refractivity contribution in [2.75, 3.05) is 10.5 Å². The molecule has 0 atom stereocenters. The highest BCUT2D eigenvalue weighted by atomic mass is 32.2. The molecule has 3 aromatic rings. The van der Waals surface area contributed by atoms with Gasteiger partial charge in [-0.05, 0) is 36.2 Å². The van der Waals surface area contributed by atoms with Crippen LogP contribution in [0.1, 0.15) is 19.8 Å². The summed E-state index contributed by atoms with van der Waals surface area (Å²) in [5.41, 5.74) is 4.38. The molecule has 0 saturated heterocycles. The van der Waals surface area contributed by atoms with E-state index >= 15 is 0 Å². The maximum atomic E-state index is 12.0. The number of unbranched alkanes of at least 4 members (excludes halogenated alkanes) is 1. The van der Waals surface area contributed by atoms with Gasteiger partial charge in [-0.2, -0.15) is 5.10 Å². The summed E-state index contributed by atoms with van der Waals surface area (Å²) in [6, 6.07) is 11.2. The molecule has 0 amide bonds. The van der Waals surface area contributed by atoms with Crippen LogP contribution >= 0.6 is 0 Å². The molecule has 26 heavy (non-hydrogen) atoms. The molecule has 0 radical (unpaired) electrons. The van der Waals surface area contributed by atoms with E-state index in [9.17, 15) is 8.42 Å². The Kier molecular flexibility index (Phi) is 5.37. The van der Waals surface area contributed by atoms with Crippen LogP contribution in [-0.4, -0.2) is 28.9 Å². The second kappa shape index (κ2) is 7.70. The summed E-state index contributed by atoms with van der Waals surface area (Å²) in [6.45, 7) is 1.97. The lowest BCUT2D eigenvalue weighted by Crippen LogP contribution is -2.16. The highest BCUT2D eigenvalue weighted by molar-refractivity contribution is 7.92. The van der Waals surface area contributed by atoms with Gasteiger partial charge < -0.3 is 0 Å². The summed E-state index contributed by atoms with van der Waals surface area (Å²) in [4.78, 5) is 4.05. The summed E-state index contributed by atoms with van der Waals surface area (Å²) >= 11 is 0. The van der Waals surface area contributed by atoms with E-state index in [1.165, 1.54) is 0 Å². The van der Waals surface area contributed by atoms with Crippen LogP contribution in [0.25, 0.3) is 22.4 Å². The van der Waals surface area contributed by atoms with Gasteiger partial charge in [-0.15, -0.1) is 0 Å². The molecule has 2 aromatic heterocycles. The molecule has 6 nitrogen and oxygen atoms in total. The lowest BCUT2D eigenvalue weighted by Gasteiger charge is -2.08. The number of hydrogen-bond donors (Lipinski definition) is 1. The summed E-state index contributed by atoms with van der Waals surface area (Å²) < 4.78 is 28.4. The minimum Gasteiger partial charge on any atom is -0.284 e. The normalized spacial score (nSPS) is 11.5. The number of hydrogen-bond acceptors (Lipinski definition) is 4. The quantitative estimate of drug-likeness (QED) is 0.688. The molecule has 0 fully saturated rings. The number of nitrogens with one attached hydrogen (secondary N) is 1. The van der Waals surface area contributed by atoms with Gasteiger partial charge in [0, 0.05) is 42.5 Å². The number of pyridine rings is 1. The molecule has 0 bridgehead atoms. The van der Waals surface area contributed by atoms with Crippen molar-refractivity contribution < 1.29 is 8.42 Å². The van der Waals surface area contributed by atoms with Crippen molar-refractivity contribution in [1.29, 1.82) is 0 Å². The SMILES string of the molecule is CCCCS(=O)(=O)Nc1ccc(-c2cn(C)nc2-c2ccncc2)cc1. The summed E-state index contributed by atoms with van der Waals surface area (Å²) in [6.07, 6.45) is 6.93. The Bertz CT molecular complexity index is 965. The van der Waals surface area contributed by atoms with Crippen LogP contribution < -0.4 is 4.72 Å². The standard InChI is InChI=1S/C19H22N4O2S/c1-3-4-13-26(24,25)22-17-7-5-15(6-8-17)18-14-23(2)21-19(18)16-9-11-20-12-10-16/h5-12,14,22H,3-4,13H2,1-2H3. The topological polar surface area (TPSA) is 76.9 Å². The second-order valence-corrected chi connectivity index (χ2v) is 7.99. The van der Waals surface area contributed by atoms with E-state index in [-0.39, 0.29) is 5.75 Å². The first-order chi connectivity index (χ1) is 12.5. The highest BCUT2D eigenvalue weighted by Crippen LogP contribution is 2.31. The highest BCUT2D eigenvalue weighted by Gasteiger charge is 2.13. The molecular weight excluding hydrogens is 348 g/mol. The van der Waals surface area contributed by atoms with Crippen LogP contribution in [-0.2, 0) is 17.1 Å². The van der Waals surface area contributed by atoms with Crippen LogP contribution in [0, 0.1) is 0 Å². The number of benzene rings is 1. The lowest BCUT2D eigenvalue weighted by atomic mass is 10.0. The molecule has 136 valence electrons. The van der Waals surface area contributed by atoms with Gasteiger partial charge >= 0.3 is 0 Å². The van der Waals surface area contributed by atoms with E-state index in [0.29, 0.717) is 12.1 Å². The molecule has 0 saturated carbocycles. The Hall–Kier alpha value is -2.67. The first-order valence-corrected chi connectivity index (χ1v) is 10.2. The van der Waals surface area contributed by atoms with Gasteiger partial charge in [-0.3, -0.25) is 14.4 Å². The molecular formula is C19H22N4O2S. The number of anilines is 1. The van der Waals surface area contributed by atoms with Gasteiger partial charge in [0.05, 0.1) is 5.75 Å². The average Bonchev–Trinajstić information content (AvgIpc) is 3.03. The van der Waals surface area contributed by atoms with Gasteiger partial charge in [0.1, 0.15) is 5.69 Å². The molecule has 0 aliphatic rings. The molecule has 3 rings (SSSR count). The fraction of sp³-hybridized carbons (Fsp3) is 0.263. The van der Waals surface area contributed by atoms with Crippen LogP contribution in [0.5, 0.6) is 0 Å². The van der Waals surface area contributed by atoms with Gasteiger partial charge in [0.15, 0.2) is 0 Å². The third-order valence-corrected chi connectivity index (χ3v) is 5.39. The number of aryl methyl sites for hydroxylation is 1. The van der Waals surface area contributed by atoms with E-state index in [2.05, 4.69) is 14.8 Å². The third kappa shape index (κ3) is 4.29. The van der Waals surface area contributed by atoms with Crippen LogP contribution in [0.2, 0.25) is 0 Å². The van der Waals surface area contributed by atoms with Gasteiger partial charge in [0.2, 0.25) is 10.0 Å². The molecule has 0 unspecified atom stereocenters. The summed E-state index contributed by atoms with van der Waals surface area (Å²) in [5, 5.41) is 4.55. The Labute approximate surface area is 154 Å².